The van der Waals surface area contributed by atoms with Crippen molar-refractivity contribution in [1.29, 1.82) is 0 Å². The normalized spacial score (nSPS) is 19.6. The van der Waals surface area contributed by atoms with Crippen LogP contribution in [-0.2, 0) is 20.5 Å². The van der Waals surface area contributed by atoms with Crippen molar-refractivity contribution in [2.24, 2.45) is 5.92 Å². The number of pyridine rings is 1. The van der Waals surface area contributed by atoms with Gasteiger partial charge >= 0.3 is 21.8 Å². The Morgan fingerprint density at radius 3 is 2.40 bits per heavy atom. The SMILES string of the molecule is CC1CN(c2ncccc2C(F)(F)F)CC=C1OS(=O)(=O)C(F)(F)F. The standard InChI is InChI=1S/C13H12F6N2O3S/c1-8-7-21(11-9(12(14,15)16)3-2-5-20-11)6-4-10(8)24-25(22,23)13(17,18)19/h2-5,8H,6-7H2,1H3. The molecule has 0 N–H and O–H groups in total. The van der Waals surface area contributed by atoms with E-state index in [0.717, 1.165) is 24.4 Å². The molecule has 0 saturated carbocycles. The number of aromatic nitrogens is 1. The first-order valence-corrected chi connectivity index (χ1v) is 8.21. The van der Waals surface area contributed by atoms with Crippen LogP contribution in [0.3, 0.4) is 0 Å². The van der Waals surface area contributed by atoms with Crippen molar-refractivity contribution in [3.63, 3.8) is 0 Å². The van der Waals surface area contributed by atoms with Crippen molar-refractivity contribution in [2.45, 2.75) is 18.6 Å². The number of anilines is 1. The summed E-state index contributed by atoms with van der Waals surface area (Å²) in [5.41, 5.74) is -6.59. The fourth-order valence-corrected chi connectivity index (χ4v) is 2.81. The van der Waals surface area contributed by atoms with Gasteiger partial charge in [0.25, 0.3) is 0 Å². The number of nitrogens with zero attached hydrogens (tertiary/aromatic N) is 2. The molecule has 2 rings (SSSR count). The lowest BCUT2D eigenvalue weighted by Crippen LogP contribution is -2.37. The molecule has 0 bridgehead atoms. The lowest BCUT2D eigenvalue weighted by Gasteiger charge is -2.32. The lowest BCUT2D eigenvalue weighted by molar-refractivity contribution is -0.137. The zero-order valence-corrected chi connectivity index (χ0v) is 13.4. The van der Waals surface area contributed by atoms with Crippen LogP contribution in [0.25, 0.3) is 0 Å². The summed E-state index contributed by atoms with van der Waals surface area (Å²) in [6, 6.07) is 1.94. The second-order valence-electron chi connectivity index (χ2n) is 5.27. The number of halogens is 6. The van der Waals surface area contributed by atoms with Crippen molar-refractivity contribution in [2.75, 3.05) is 18.0 Å². The van der Waals surface area contributed by atoms with Crippen molar-refractivity contribution in [3.05, 3.63) is 35.7 Å². The Labute approximate surface area is 139 Å². The minimum absolute atomic E-state index is 0.195. The fraction of sp³-hybridized carbons (Fsp3) is 0.462. The van der Waals surface area contributed by atoms with E-state index in [1.54, 1.807) is 0 Å². The molecule has 1 aromatic rings. The third-order valence-electron chi connectivity index (χ3n) is 3.37. The first kappa shape index (κ1) is 19.3. The molecule has 2 heterocycles. The molecule has 25 heavy (non-hydrogen) atoms. The van der Waals surface area contributed by atoms with Crippen LogP contribution >= 0.6 is 0 Å². The van der Waals surface area contributed by atoms with Crippen LogP contribution in [0.4, 0.5) is 32.2 Å². The van der Waals surface area contributed by atoms with E-state index in [-0.39, 0.29) is 13.1 Å². The Kier molecular flexibility index (Phi) is 4.94. The largest absolute Gasteiger partial charge is 0.534 e. The highest BCUT2D eigenvalue weighted by atomic mass is 32.2. The van der Waals surface area contributed by atoms with E-state index in [2.05, 4.69) is 9.17 Å². The van der Waals surface area contributed by atoms with Gasteiger partial charge in [-0.15, -0.1) is 0 Å². The second-order valence-corrected chi connectivity index (χ2v) is 6.81. The molecule has 0 aliphatic carbocycles. The summed E-state index contributed by atoms with van der Waals surface area (Å²) in [5, 5.41) is 0. The van der Waals surface area contributed by atoms with Crippen molar-refractivity contribution < 1.29 is 38.9 Å². The highest BCUT2D eigenvalue weighted by molar-refractivity contribution is 7.87. The Morgan fingerprint density at radius 2 is 1.88 bits per heavy atom. The number of alkyl halides is 6. The maximum Gasteiger partial charge on any atom is 0.534 e. The summed E-state index contributed by atoms with van der Waals surface area (Å²) in [5.74, 6) is -1.76. The fourth-order valence-electron chi connectivity index (χ4n) is 2.23. The van der Waals surface area contributed by atoms with Crippen LogP contribution in [0, 0.1) is 5.92 Å². The topological polar surface area (TPSA) is 59.5 Å². The average Bonchev–Trinajstić information content (AvgIpc) is 2.47. The summed E-state index contributed by atoms with van der Waals surface area (Å²) in [6.45, 7) is 0.854. The first-order valence-electron chi connectivity index (χ1n) is 6.81. The summed E-state index contributed by atoms with van der Waals surface area (Å²) in [7, 11) is -5.83. The number of rotatable bonds is 3. The molecule has 0 aromatic carbocycles. The predicted octanol–water partition coefficient (Wildman–Crippen LogP) is 3.31. The minimum atomic E-state index is -5.83. The van der Waals surface area contributed by atoms with Crippen LogP contribution in [0.5, 0.6) is 0 Å². The summed E-state index contributed by atoms with van der Waals surface area (Å²) in [6.07, 6.45) is -2.52. The second kappa shape index (κ2) is 6.39. The van der Waals surface area contributed by atoms with E-state index < -0.39 is 44.9 Å². The van der Waals surface area contributed by atoms with Crippen LogP contribution in [0.2, 0.25) is 0 Å². The van der Waals surface area contributed by atoms with Gasteiger partial charge in [-0.05, 0) is 18.2 Å². The molecular weight excluding hydrogens is 378 g/mol. The molecule has 12 heteroatoms. The number of hydrogen-bond donors (Lipinski definition) is 0. The highest BCUT2D eigenvalue weighted by Crippen LogP contribution is 2.37. The van der Waals surface area contributed by atoms with E-state index in [4.69, 9.17) is 0 Å². The van der Waals surface area contributed by atoms with Gasteiger partial charge in [0, 0.05) is 25.2 Å². The maximum absolute atomic E-state index is 13.0. The van der Waals surface area contributed by atoms with Gasteiger partial charge in [-0.3, -0.25) is 0 Å². The van der Waals surface area contributed by atoms with Gasteiger partial charge in [0.2, 0.25) is 0 Å². The van der Waals surface area contributed by atoms with Crippen molar-refractivity contribution >= 4 is 15.9 Å². The molecular formula is C13H12F6N2O3S. The molecule has 1 aliphatic rings. The average molecular weight is 390 g/mol. The Balaban J connectivity index is 2.26. The van der Waals surface area contributed by atoms with Crippen LogP contribution in [0.15, 0.2) is 30.2 Å². The third-order valence-corrected chi connectivity index (χ3v) is 4.35. The van der Waals surface area contributed by atoms with Gasteiger partial charge in [-0.2, -0.15) is 34.8 Å². The van der Waals surface area contributed by atoms with Gasteiger partial charge < -0.3 is 9.08 Å². The third kappa shape index (κ3) is 4.17. The summed E-state index contributed by atoms with van der Waals surface area (Å²) >= 11 is 0. The monoisotopic (exact) mass is 390 g/mol. The Hall–Kier alpha value is -1.98. The van der Waals surface area contributed by atoms with Gasteiger partial charge in [0.05, 0.1) is 5.56 Å². The molecule has 1 atom stereocenters. The molecule has 1 unspecified atom stereocenters. The van der Waals surface area contributed by atoms with Crippen LogP contribution in [0.1, 0.15) is 12.5 Å². The molecule has 0 radical (unpaired) electrons. The quantitative estimate of drug-likeness (QED) is 0.450. The molecule has 140 valence electrons. The Morgan fingerprint density at radius 1 is 1.24 bits per heavy atom. The first-order chi connectivity index (χ1) is 11.3. The molecule has 0 saturated heterocycles. The molecule has 0 spiro atoms. The highest BCUT2D eigenvalue weighted by Gasteiger charge is 2.49. The molecule has 1 aliphatic heterocycles. The molecule has 1 aromatic heterocycles. The van der Waals surface area contributed by atoms with Gasteiger partial charge in [-0.25, -0.2) is 4.98 Å². The van der Waals surface area contributed by atoms with E-state index in [1.165, 1.54) is 11.8 Å². The maximum atomic E-state index is 13.0. The van der Waals surface area contributed by atoms with Crippen LogP contribution < -0.4 is 4.90 Å². The Bertz CT molecular complexity index is 773. The van der Waals surface area contributed by atoms with Crippen LogP contribution in [-0.4, -0.2) is 32.0 Å². The van der Waals surface area contributed by atoms with Gasteiger partial charge in [-0.1, -0.05) is 6.92 Å². The molecule has 0 fully saturated rings. The van der Waals surface area contributed by atoms with Gasteiger partial charge in [0.15, 0.2) is 0 Å². The zero-order valence-electron chi connectivity index (χ0n) is 12.6. The predicted molar refractivity (Wildman–Crippen MR) is 74.8 cm³/mol. The zero-order chi connectivity index (χ0) is 19.0. The van der Waals surface area contributed by atoms with E-state index in [0.29, 0.717) is 0 Å². The summed E-state index contributed by atoms with van der Waals surface area (Å²) in [4.78, 5) is 4.86. The lowest BCUT2D eigenvalue weighted by atomic mass is 10.0. The molecule has 5 nitrogen and oxygen atoms in total. The van der Waals surface area contributed by atoms with E-state index >= 15 is 0 Å². The van der Waals surface area contributed by atoms with E-state index in [1.807, 2.05) is 0 Å². The van der Waals surface area contributed by atoms with Crippen molar-refractivity contribution in [3.8, 4) is 0 Å². The van der Waals surface area contributed by atoms with Crippen molar-refractivity contribution in [1.82, 2.24) is 4.98 Å². The summed E-state index contributed by atoms with van der Waals surface area (Å²) < 4.78 is 102. The molecule has 0 amide bonds. The van der Waals surface area contributed by atoms with E-state index in [9.17, 15) is 34.8 Å². The van der Waals surface area contributed by atoms with Gasteiger partial charge in [0.1, 0.15) is 11.6 Å². The minimum Gasteiger partial charge on any atom is -0.380 e. The smallest absolute Gasteiger partial charge is 0.380 e. The number of hydrogen-bond acceptors (Lipinski definition) is 5.